The molecule has 0 unspecified atom stereocenters. The molecule has 33 heavy (non-hydrogen) atoms. The van der Waals surface area contributed by atoms with Crippen molar-refractivity contribution in [3.8, 4) is 11.3 Å². The molecule has 166 valence electrons. The van der Waals surface area contributed by atoms with Gasteiger partial charge in [-0.3, -0.25) is 9.59 Å². The van der Waals surface area contributed by atoms with E-state index < -0.39 is 5.97 Å². The van der Waals surface area contributed by atoms with Crippen molar-refractivity contribution in [2.24, 2.45) is 0 Å². The number of fused-ring (bicyclic) bond motifs is 1. The van der Waals surface area contributed by atoms with Crippen molar-refractivity contribution in [1.82, 2.24) is 15.3 Å². The number of carboxylic acid groups (broad SMARTS) is 1. The normalized spacial score (nSPS) is 10.8. The standard InChI is InChI=1S/C26H22ClN3O3/c27-20-9-4-6-17(14-20)16-28-26(33)19-12-13-21-23(15-19)29-22(10-5-11-24(31)32)25(30-21)18-7-2-1-3-8-18/h1-4,6-9,12-15H,5,10-11,16H2,(H,28,33)(H,31,32). The number of halogens is 1. The molecule has 0 saturated heterocycles. The summed E-state index contributed by atoms with van der Waals surface area (Å²) in [7, 11) is 0. The van der Waals surface area contributed by atoms with E-state index in [2.05, 4.69) is 5.32 Å². The van der Waals surface area contributed by atoms with Gasteiger partial charge in [0.05, 0.1) is 22.4 Å². The van der Waals surface area contributed by atoms with Gasteiger partial charge in [-0.1, -0.05) is 54.1 Å². The molecule has 0 saturated carbocycles. The average Bonchev–Trinajstić information content (AvgIpc) is 2.82. The van der Waals surface area contributed by atoms with Crippen molar-refractivity contribution in [3.05, 3.63) is 94.6 Å². The lowest BCUT2D eigenvalue weighted by molar-refractivity contribution is -0.137. The lowest BCUT2D eigenvalue weighted by Crippen LogP contribution is -2.22. The van der Waals surface area contributed by atoms with Crippen LogP contribution in [0, 0.1) is 0 Å². The predicted molar refractivity (Wildman–Crippen MR) is 128 cm³/mol. The van der Waals surface area contributed by atoms with Crippen LogP contribution >= 0.6 is 11.6 Å². The van der Waals surface area contributed by atoms with Gasteiger partial charge >= 0.3 is 5.97 Å². The number of amides is 1. The first-order valence-corrected chi connectivity index (χ1v) is 11.0. The minimum Gasteiger partial charge on any atom is -0.481 e. The van der Waals surface area contributed by atoms with Crippen molar-refractivity contribution in [1.29, 1.82) is 0 Å². The van der Waals surface area contributed by atoms with Crippen molar-refractivity contribution in [3.63, 3.8) is 0 Å². The molecule has 2 N–H and O–H groups in total. The molecule has 0 bridgehead atoms. The molecule has 3 aromatic carbocycles. The van der Waals surface area contributed by atoms with E-state index >= 15 is 0 Å². The number of hydrogen-bond acceptors (Lipinski definition) is 4. The summed E-state index contributed by atoms with van der Waals surface area (Å²) in [4.78, 5) is 33.2. The molecule has 1 amide bonds. The van der Waals surface area contributed by atoms with Crippen molar-refractivity contribution < 1.29 is 14.7 Å². The van der Waals surface area contributed by atoms with Crippen LogP contribution in [0.2, 0.25) is 5.02 Å². The van der Waals surface area contributed by atoms with E-state index in [-0.39, 0.29) is 12.3 Å². The molecular weight excluding hydrogens is 438 g/mol. The number of aromatic nitrogens is 2. The maximum atomic E-state index is 12.7. The molecule has 6 nitrogen and oxygen atoms in total. The number of carbonyl (C=O) groups excluding carboxylic acids is 1. The van der Waals surface area contributed by atoms with Gasteiger partial charge in [0, 0.05) is 29.1 Å². The highest BCUT2D eigenvalue weighted by atomic mass is 35.5. The summed E-state index contributed by atoms with van der Waals surface area (Å²) in [6.07, 6.45) is 0.986. The number of carbonyl (C=O) groups is 2. The van der Waals surface area contributed by atoms with E-state index in [1.807, 2.05) is 48.5 Å². The van der Waals surface area contributed by atoms with Crippen LogP contribution in [0.4, 0.5) is 0 Å². The predicted octanol–water partition coefficient (Wildman–Crippen LogP) is 5.29. The molecule has 0 fully saturated rings. The molecule has 4 rings (SSSR count). The number of aliphatic carboxylic acids is 1. The van der Waals surface area contributed by atoms with Gasteiger partial charge in [-0.2, -0.15) is 0 Å². The first-order chi connectivity index (χ1) is 16.0. The molecular formula is C26H22ClN3O3. The van der Waals surface area contributed by atoms with Crippen LogP contribution in [0.25, 0.3) is 22.3 Å². The highest BCUT2D eigenvalue weighted by Gasteiger charge is 2.14. The summed E-state index contributed by atoms with van der Waals surface area (Å²) in [5.74, 6) is -1.07. The van der Waals surface area contributed by atoms with Crippen molar-refractivity contribution >= 4 is 34.5 Å². The van der Waals surface area contributed by atoms with Gasteiger partial charge in [0.2, 0.25) is 0 Å². The quantitative estimate of drug-likeness (QED) is 0.373. The third kappa shape index (κ3) is 5.73. The van der Waals surface area contributed by atoms with Gasteiger partial charge in [0.1, 0.15) is 0 Å². The smallest absolute Gasteiger partial charge is 0.303 e. The molecule has 4 aromatic rings. The zero-order chi connectivity index (χ0) is 23.2. The molecule has 0 atom stereocenters. The summed E-state index contributed by atoms with van der Waals surface area (Å²) in [5.41, 5.74) is 5.00. The average molecular weight is 460 g/mol. The van der Waals surface area contributed by atoms with Gasteiger partial charge in [-0.05, 0) is 48.7 Å². The van der Waals surface area contributed by atoms with E-state index in [1.165, 1.54) is 0 Å². The Morgan fingerprint density at radius 2 is 1.73 bits per heavy atom. The van der Waals surface area contributed by atoms with Crippen LogP contribution in [0.5, 0.6) is 0 Å². The topological polar surface area (TPSA) is 92.2 Å². The number of nitrogens with zero attached hydrogens (tertiary/aromatic N) is 2. The second-order valence-electron chi connectivity index (χ2n) is 7.65. The lowest BCUT2D eigenvalue weighted by Gasteiger charge is -2.11. The molecule has 0 radical (unpaired) electrons. The monoisotopic (exact) mass is 459 g/mol. The highest BCUT2D eigenvalue weighted by molar-refractivity contribution is 6.30. The fourth-order valence-corrected chi connectivity index (χ4v) is 3.78. The van der Waals surface area contributed by atoms with E-state index in [9.17, 15) is 9.59 Å². The molecule has 0 aliphatic carbocycles. The molecule has 0 spiro atoms. The first-order valence-electron chi connectivity index (χ1n) is 10.6. The molecule has 0 aliphatic heterocycles. The Hall–Kier alpha value is -3.77. The van der Waals surface area contributed by atoms with Crippen LogP contribution < -0.4 is 5.32 Å². The number of hydrogen-bond donors (Lipinski definition) is 2. The summed E-state index contributed by atoms with van der Waals surface area (Å²) < 4.78 is 0. The fourth-order valence-electron chi connectivity index (χ4n) is 3.57. The SMILES string of the molecule is O=C(O)CCCc1nc2cc(C(=O)NCc3cccc(Cl)c3)ccc2nc1-c1ccccc1. The number of rotatable bonds is 8. The Morgan fingerprint density at radius 1 is 0.909 bits per heavy atom. The van der Waals surface area contributed by atoms with Gasteiger partial charge in [0.15, 0.2) is 0 Å². The summed E-state index contributed by atoms with van der Waals surface area (Å²) >= 11 is 6.01. The molecule has 7 heteroatoms. The zero-order valence-electron chi connectivity index (χ0n) is 17.8. The Bertz CT molecular complexity index is 1310. The van der Waals surface area contributed by atoms with Crippen molar-refractivity contribution in [2.75, 3.05) is 0 Å². The number of aryl methyl sites for hydroxylation is 1. The number of nitrogens with one attached hydrogen (secondary N) is 1. The molecule has 1 heterocycles. The van der Waals surface area contributed by atoms with Crippen LogP contribution in [-0.4, -0.2) is 27.0 Å². The summed E-state index contributed by atoms with van der Waals surface area (Å²) in [6, 6.07) is 22.2. The maximum absolute atomic E-state index is 12.7. The summed E-state index contributed by atoms with van der Waals surface area (Å²) in [5, 5.41) is 12.5. The largest absolute Gasteiger partial charge is 0.481 e. The third-order valence-corrected chi connectivity index (χ3v) is 5.43. The number of carboxylic acids is 1. The fraction of sp³-hybridized carbons (Fsp3) is 0.154. The van der Waals surface area contributed by atoms with E-state index in [0.717, 1.165) is 16.8 Å². The lowest BCUT2D eigenvalue weighted by atomic mass is 10.0. The van der Waals surface area contributed by atoms with Gasteiger partial charge in [0.25, 0.3) is 5.91 Å². The van der Waals surface area contributed by atoms with Crippen LogP contribution in [0.15, 0.2) is 72.8 Å². The zero-order valence-corrected chi connectivity index (χ0v) is 18.5. The third-order valence-electron chi connectivity index (χ3n) is 5.19. The Labute approximate surface area is 196 Å². The number of benzene rings is 3. The molecule has 1 aromatic heterocycles. The highest BCUT2D eigenvalue weighted by Crippen LogP contribution is 2.25. The Morgan fingerprint density at radius 3 is 2.48 bits per heavy atom. The van der Waals surface area contributed by atoms with Crippen LogP contribution in [0.3, 0.4) is 0 Å². The Balaban J connectivity index is 1.61. The van der Waals surface area contributed by atoms with Gasteiger partial charge in [-0.25, -0.2) is 9.97 Å². The van der Waals surface area contributed by atoms with Crippen LogP contribution in [0.1, 0.15) is 34.5 Å². The van der Waals surface area contributed by atoms with Crippen LogP contribution in [-0.2, 0) is 17.8 Å². The summed E-state index contributed by atoms with van der Waals surface area (Å²) in [6.45, 7) is 0.358. The van der Waals surface area contributed by atoms with Gasteiger partial charge < -0.3 is 10.4 Å². The Kier molecular flexibility index (Phi) is 6.95. The minimum absolute atomic E-state index is 0.0555. The van der Waals surface area contributed by atoms with E-state index in [4.69, 9.17) is 26.7 Å². The van der Waals surface area contributed by atoms with E-state index in [1.54, 1.807) is 24.3 Å². The van der Waals surface area contributed by atoms with Crippen molar-refractivity contribution in [2.45, 2.75) is 25.8 Å². The minimum atomic E-state index is -0.844. The molecule has 0 aliphatic rings. The van der Waals surface area contributed by atoms with Gasteiger partial charge in [-0.15, -0.1) is 0 Å². The first kappa shape index (κ1) is 22.4. The second kappa shape index (κ2) is 10.2. The van der Waals surface area contributed by atoms with E-state index in [0.29, 0.717) is 46.7 Å². The second-order valence-corrected chi connectivity index (χ2v) is 8.08. The maximum Gasteiger partial charge on any atom is 0.303 e.